The molecule has 4 aromatic carbocycles. The normalized spacial score (nSPS) is 10.7. The van der Waals surface area contributed by atoms with Crippen LogP contribution in [-0.4, -0.2) is 5.97 Å². The van der Waals surface area contributed by atoms with Crippen molar-refractivity contribution >= 4 is 28.6 Å². The lowest BCUT2D eigenvalue weighted by molar-refractivity contribution is -0.130. The van der Waals surface area contributed by atoms with Crippen LogP contribution in [0.5, 0.6) is 5.75 Å². The van der Waals surface area contributed by atoms with Crippen LogP contribution in [0.1, 0.15) is 6.92 Å². The molecule has 0 amide bonds. The highest BCUT2D eigenvalue weighted by Gasteiger charge is 2.28. The van der Waals surface area contributed by atoms with Crippen LogP contribution in [0.15, 0.2) is 146 Å². The summed E-state index contributed by atoms with van der Waals surface area (Å²) in [5.41, 5.74) is 0.383. The maximum atomic E-state index is 11.7. The number of hydrogen-bond acceptors (Lipinski definition) is 3. The second kappa shape index (κ2) is 10.4. The van der Waals surface area contributed by atoms with Crippen molar-refractivity contribution in [2.24, 2.45) is 0 Å². The molecule has 0 saturated carbocycles. The molecular weight excluding hydrogens is 432 g/mol. The zero-order chi connectivity index (χ0) is 22.3. The van der Waals surface area contributed by atoms with Gasteiger partial charge >= 0.3 is 5.97 Å². The quantitative estimate of drug-likeness (QED) is 0.126. The van der Waals surface area contributed by atoms with Gasteiger partial charge < -0.3 is 4.74 Å². The maximum absolute atomic E-state index is 11.7. The first-order chi connectivity index (χ1) is 15.6. The summed E-state index contributed by atoms with van der Waals surface area (Å²) < 4.78 is 5.26. The number of ether oxygens (including phenoxy) is 1. The van der Waals surface area contributed by atoms with Crippen molar-refractivity contribution in [2.75, 3.05) is 0 Å². The number of rotatable bonds is 7. The van der Waals surface area contributed by atoms with Crippen molar-refractivity contribution in [1.82, 2.24) is 0 Å². The Kier molecular flexibility index (Phi) is 7.15. The molecule has 0 bridgehead atoms. The van der Waals surface area contributed by atoms with Crippen LogP contribution in [0.3, 0.4) is 0 Å². The van der Waals surface area contributed by atoms with Crippen LogP contribution >= 0.6 is 11.8 Å². The molecule has 4 heteroatoms. The molecule has 0 atom stereocenters. The third kappa shape index (κ3) is 5.52. The van der Waals surface area contributed by atoms with Crippen molar-refractivity contribution < 1.29 is 9.53 Å². The SMILES string of the molecule is C=C(C)C(=O)Oc1ccc(Sc2ccc([S+](c3ccccc3)c3ccccc3)cc2)cc1. The van der Waals surface area contributed by atoms with Crippen LogP contribution in [0.25, 0.3) is 0 Å². The van der Waals surface area contributed by atoms with Gasteiger partial charge in [0, 0.05) is 15.4 Å². The summed E-state index contributed by atoms with van der Waals surface area (Å²) in [6, 6.07) is 37.6. The van der Waals surface area contributed by atoms with Gasteiger partial charge in [0.2, 0.25) is 0 Å². The molecule has 0 radical (unpaired) electrons. The predicted octanol–water partition coefficient (Wildman–Crippen LogP) is 7.41. The number of benzene rings is 4. The first-order valence-corrected chi connectivity index (χ1v) is 12.2. The summed E-state index contributed by atoms with van der Waals surface area (Å²) in [7, 11) is -0.147. The second-order valence-electron chi connectivity index (χ2n) is 7.15. The highest BCUT2D eigenvalue weighted by atomic mass is 32.2. The van der Waals surface area contributed by atoms with Gasteiger partial charge in [-0.3, -0.25) is 0 Å². The zero-order valence-corrected chi connectivity index (χ0v) is 19.4. The van der Waals surface area contributed by atoms with E-state index in [1.807, 2.05) is 12.1 Å². The largest absolute Gasteiger partial charge is 0.423 e. The van der Waals surface area contributed by atoms with E-state index >= 15 is 0 Å². The molecule has 0 saturated heterocycles. The molecule has 4 rings (SSSR count). The Balaban J connectivity index is 1.52. The molecular formula is C28H23O2S2+. The summed E-state index contributed by atoms with van der Waals surface area (Å²) in [5.74, 6) is 0.112. The highest BCUT2D eigenvalue weighted by Crippen LogP contribution is 2.34. The Morgan fingerprint density at radius 2 is 1.12 bits per heavy atom. The van der Waals surface area contributed by atoms with E-state index in [0.29, 0.717) is 11.3 Å². The molecule has 0 aliphatic carbocycles. The molecule has 0 aromatic heterocycles. The minimum atomic E-state index is -0.409. The molecule has 0 unspecified atom stereocenters. The smallest absolute Gasteiger partial charge is 0.338 e. The monoisotopic (exact) mass is 455 g/mol. The van der Waals surface area contributed by atoms with Crippen LogP contribution in [0, 0.1) is 0 Å². The van der Waals surface area contributed by atoms with Gasteiger partial charge in [-0.05, 0) is 79.7 Å². The molecule has 32 heavy (non-hydrogen) atoms. The average molecular weight is 456 g/mol. The minimum absolute atomic E-state index is 0.147. The van der Waals surface area contributed by atoms with Gasteiger partial charge in [0.15, 0.2) is 14.7 Å². The Bertz CT molecular complexity index is 1150. The third-order valence-electron chi connectivity index (χ3n) is 4.64. The van der Waals surface area contributed by atoms with Crippen molar-refractivity contribution in [3.63, 3.8) is 0 Å². The molecule has 0 N–H and O–H groups in total. The molecule has 0 aliphatic rings. The highest BCUT2D eigenvalue weighted by molar-refractivity contribution is 7.99. The second-order valence-corrected chi connectivity index (χ2v) is 10.3. The Labute approximate surface area is 196 Å². The number of esters is 1. The Hall–Kier alpha value is -3.21. The fourth-order valence-electron chi connectivity index (χ4n) is 3.07. The standard InChI is InChI=1S/C28H23O2S2/c1-21(2)28(29)30-22-13-15-23(16-14-22)31-24-17-19-27(20-18-24)32(25-9-5-3-6-10-25)26-11-7-4-8-12-26/h3-20H,1H2,2H3/q+1. The first kappa shape index (κ1) is 22.0. The summed E-state index contributed by atoms with van der Waals surface area (Å²) in [6.45, 7) is 5.24. The van der Waals surface area contributed by atoms with Crippen molar-refractivity contribution in [3.05, 3.63) is 121 Å². The Morgan fingerprint density at radius 1 is 0.688 bits per heavy atom. The van der Waals surface area contributed by atoms with Gasteiger partial charge in [-0.1, -0.05) is 54.7 Å². The van der Waals surface area contributed by atoms with Crippen LogP contribution in [-0.2, 0) is 15.7 Å². The van der Waals surface area contributed by atoms with Crippen LogP contribution in [0.2, 0.25) is 0 Å². The fourth-order valence-corrected chi connectivity index (χ4v) is 5.97. The first-order valence-electron chi connectivity index (χ1n) is 10.2. The molecule has 0 aliphatic heterocycles. The molecule has 2 nitrogen and oxygen atoms in total. The lowest BCUT2D eigenvalue weighted by Gasteiger charge is -2.09. The van der Waals surface area contributed by atoms with Gasteiger partial charge in [0.1, 0.15) is 5.75 Å². The summed E-state index contributed by atoms with van der Waals surface area (Å²) in [6.07, 6.45) is 0. The molecule has 0 fully saturated rings. The molecule has 158 valence electrons. The number of carbonyl (C=O) groups is 1. The lowest BCUT2D eigenvalue weighted by atomic mass is 10.3. The van der Waals surface area contributed by atoms with Crippen molar-refractivity contribution in [2.45, 2.75) is 31.4 Å². The van der Waals surface area contributed by atoms with E-state index in [1.165, 1.54) is 14.7 Å². The summed E-state index contributed by atoms with van der Waals surface area (Å²) in [4.78, 5) is 17.8. The summed E-state index contributed by atoms with van der Waals surface area (Å²) in [5, 5.41) is 0. The Morgan fingerprint density at radius 3 is 1.59 bits per heavy atom. The molecule has 4 aromatic rings. The number of carbonyl (C=O) groups excluding carboxylic acids is 1. The van der Waals surface area contributed by atoms with E-state index in [0.717, 1.165) is 9.79 Å². The fraction of sp³-hybridized carbons (Fsp3) is 0.0357. The van der Waals surface area contributed by atoms with Gasteiger partial charge in [-0.2, -0.15) is 0 Å². The van der Waals surface area contributed by atoms with Gasteiger partial charge in [0.25, 0.3) is 0 Å². The van der Waals surface area contributed by atoms with E-state index in [4.69, 9.17) is 4.74 Å². The zero-order valence-electron chi connectivity index (χ0n) is 17.7. The van der Waals surface area contributed by atoms with E-state index in [-0.39, 0.29) is 10.9 Å². The van der Waals surface area contributed by atoms with Gasteiger partial charge in [-0.15, -0.1) is 0 Å². The minimum Gasteiger partial charge on any atom is -0.423 e. The van der Waals surface area contributed by atoms with E-state index < -0.39 is 5.97 Å². The third-order valence-corrected chi connectivity index (χ3v) is 7.88. The summed E-state index contributed by atoms with van der Waals surface area (Å²) >= 11 is 1.68. The van der Waals surface area contributed by atoms with E-state index in [2.05, 4.69) is 91.5 Å². The van der Waals surface area contributed by atoms with Crippen molar-refractivity contribution in [1.29, 1.82) is 0 Å². The molecule has 0 heterocycles. The maximum Gasteiger partial charge on any atom is 0.338 e. The number of hydrogen-bond donors (Lipinski definition) is 0. The van der Waals surface area contributed by atoms with Crippen molar-refractivity contribution in [3.8, 4) is 5.75 Å². The topological polar surface area (TPSA) is 26.3 Å². The van der Waals surface area contributed by atoms with E-state index in [9.17, 15) is 4.79 Å². The van der Waals surface area contributed by atoms with E-state index in [1.54, 1.807) is 30.8 Å². The van der Waals surface area contributed by atoms with Gasteiger partial charge in [-0.25, -0.2) is 4.79 Å². The lowest BCUT2D eigenvalue weighted by Crippen LogP contribution is -2.07. The molecule has 0 spiro atoms. The average Bonchev–Trinajstić information content (AvgIpc) is 2.83. The van der Waals surface area contributed by atoms with Gasteiger partial charge in [0.05, 0.1) is 10.9 Å². The van der Waals surface area contributed by atoms with Crippen LogP contribution in [0.4, 0.5) is 0 Å². The predicted molar refractivity (Wildman–Crippen MR) is 133 cm³/mol. The van der Waals surface area contributed by atoms with Crippen LogP contribution < -0.4 is 4.74 Å².